The molecule has 2 amide bonds. The van der Waals surface area contributed by atoms with Crippen LogP contribution in [0.2, 0.25) is 0 Å². The van der Waals surface area contributed by atoms with Crippen molar-refractivity contribution in [3.05, 3.63) is 135 Å². The molecule has 2 aliphatic heterocycles. The van der Waals surface area contributed by atoms with E-state index >= 15 is 4.79 Å². The number of fused-ring (bicyclic) bond motifs is 6. The molecule has 4 aromatic carbocycles. The summed E-state index contributed by atoms with van der Waals surface area (Å²) in [6.07, 6.45) is 0. The summed E-state index contributed by atoms with van der Waals surface area (Å²) in [6, 6.07) is 23.8. The Morgan fingerprint density at radius 1 is 0.930 bits per heavy atom. The topological polar surface area (TPSA) is 83.7 Å². The summed E-state index contributed by atoms with van der Waals surface area (Å²) >= 11 is 1.29. The first-order valence-corrected chi connectivity index (χ1v) is 14.6. The number of anilines is 2. The van der Waals surface area contributed by atoms with Crippen LogP contribution in [0.1, 0.15) is 38.4 Å². The Bertz CT molecular complexity index is 2240. The number of para-hydroxylation sites is 2. The lowest BCUT2D eigenvalue weighted by atomic mass is 9.84. The summed E-state index contributed by atoms with van der Waals surface area (Å²) in [5, 5.41) is 0.559. The number of thiazole rings is 1. The predicted molar refractivity (Wildman–Crippen MR) is 163 cm³/mol. The second-order valence-corrected chi connectivity index (χ2v) is 12.0. The van der Waals surface area contributed by atoms with E-state index in [1.807, 2.05) is 26.0 Å². The van der Waals surface area contributed by atoms with E-state index in [9.17, 15) is 14.0 Å². The minimum Gasteiger partial charge on any atom is -0.450 e. The van der Waals surface area contributed by atoms with Gasteiger partial charge in [-0.1, -0.05) is 59.9 Å². The van der Waals surface area contributed by atoms with Crippen LogP contribution >= 0.6 is 11.3 Å². The summed E-state index contributed by atoms with van der Waals surface area (Å²) in [6.45, 7) is 4.04. The molecule has 0 radical (unpaired) electrons. The number of benzene rings is 4. The average molecular weight is 588 g/mol. The van der Waals surface area contributed by atoms with Crippen molar-refractivity contribution in [2.45, 2.75) is 25.9 Å². The highest BCUT2D eigenvalue weighted by atomic mass is 32.1. The van der Waals surface area contributed by atoms with Gasteiger partial charge in [0.25, 0.3) is 11.8 Å². The molecule has 7 nitrogen and oxygen atoms in total. The lowest BCUT2D eigenvalue weighted by Crippen LogP contribution is -2.53. The molecule has 9 heteroatoms. The van der Waals surface area contributed by atoms with Gasteiger partial charge in [-0.15, -0.1) is 0 Å². The van der Waals surface area contributed by atoms with Gasteiger partial charge in [0, 0.05) is 5.56 Å². The average Bonchev–Trinajstić information content (AvgIpc) is 3.61. The molecule has 4 heterocycles. The van der Waals surface area contributed by atoms with Gasteiger partial charge in [-0.3, -0.25) is 19.3 Å². The summed E-state index contributed by atoms with van der Waals surface area (Å²) < 4.78 is 20.8. The van der Waals surface area contributed by atoms with Crippen molar-refractivity contribution in [1.29, 1.82) is 0 Å². The fourth-order valence-electron chi connectivity index (χ4n) is 6.49. The highest BCUT2D eigenvalue weighted by Crippen LogP contribution is 2.55. The van der Waals surface area contributed by atoms with Crippen molar-refractivity contribution in [3.63, 3.8) is 0 Å². The summed E-state index contributed by atoms with van der Waals surface area (Å²) in [7, 11) is 0. The molecular formula is C34H22FN3O4S. The molecule has 1 unspecified atom stereocenters. The molecule has 0 saturated carbocycles. The van der Waals surface area contributed by atoms with Gasteiger partial charge in [-0.2, -0.15) is 0 Å². The number of hydrogen-bond acceptors (Lipinski definition) is 6. The van der Waals surface area contributed by atoms with Gasteiger partial charge in [-0.05, 0) is 66.9 Å². The van der Waals surface area contributed by atoms with Crippen LogP contribution < -0.4 is 15.2 Å². The van der Waals surface area contributed by atoms with Crippen LogP contribution in [0, 0.1) is 19.7 Å². The van der Waals surface area contributed by atoms with E-state index in [1.54, 1.807) is 65.6 Å². The second-order valence-electron chi connectivity index (χ2n) is 10.9. The smallest absolute Gasteiger partial charge is 0.297 e. The van der Waals surface area contributed by atoms with E-state index in [0.29, 0.717) is 16.8 Å². The Balaban J connectivity index is 1.45. The third-order valence-electron chi connectivity index (χ3n) is 8.30. The zero-order valence-electron chi connectivity index (χ0n) is 23.1. The molecular weight excluding hydrogens is 565 g/mol. The Morgan fingerprint density at radius 2 is 1.67 bits per heavy atom. The van der Waals surface area contributed by atoms with Crippen molar-refractivity contribution in [2.24, 2.45) is 0 Å². The molecule has 0 saturated heterocycles. The van der Waals surface area contributed by atoms with Crippen molar-refractivity contribution < 1.29 is 18.4 Å². The molecule has 43 heavy (non-hydrogen) atoms. The lowest BCUT2D eigenvalue weighted by Gasteiger charge is -2.32. The van der Waals surface area contributed by atoms with E-state index in [4.69, 9.17) is 9.40 Å². The van der Waals surface area contributed by atoms with Gasteiger partial charge >= 0.3 is 0 Å². The standard InChI is InChI=1S/C34H22FN3O4S/c1-18-15-19(2)28-26(16-18)43-33(36-28)38-31(40)30-27(29(39)22-7-3-6-10-25(22)42-30)34(38)23-8-4-5-9-24(23)37(32(34)41)17-20-11-13-21(35)14-12-20/h3-16H,17H2,1-2H3. The number of aromatic nitrogens is 1. The van der Waals surface area contributed by atoms with Gasteiger partial charge in [0.2, 0.25) is 5.76 Å². The fraction of sp³-hybridized carbons (Fsp3) is 0.118. The molecule has 2 aromatic heterocycles. The summed E-state index contributed by atoms with van der Waals surface area (Å²) in [4.78, 5) is 51.7. The first kappa shape index (κ1) is 25.6. The predicted octanol–water partition coefficient (Wildman–Crippen LogP) is 6.61. The molecule has 8 rings (SSSR count). The van der Waals surface area contributed by atoms with Gasteiger partial charge in [0.1, 0.15) is 11.4 Å². The van der Waals surface area contributed by atoms with Crippen LogP contribution in [-0.2, 0) is 16.9 Å². The molecule has 0 bridgehead atoms. The SMILES string of the molecule is Cc1cc(C)c2nc(N3C(=O)c4oc5ccccc5c(=O)c4C34C(=O)N(Cc3ccc(F)cc3)c3ccccc34)sc2c1. The zero-order chi connectivity index (χ0) is 29.6. The highest BCUT2D eigenvalue weighted by Gasteiger charge is 2.66. The summed E-state index contributed by atoms with van der Waals surface area (Å²) in [5.74, 6) is -1.67. The van der Waals surface area contributed by atoms with E-state index in [1.165, 1.54) is 28.4 Å². The van der Waals surface area contributed by atoms with E-state index in [0.717, 1.165) is 21.3 Å². The largest absolute Gasteiger partial charge is 0.450 e. The summed E-state index contributed by atoms with van der Waals surface area (Å²) in [5.41, 5.74) is 2.33. The third kappa shape index (κ3) is 3.39. The molecule has 2 aliphatic rings. The number of amides is 2. The number of carbonyl (C=O) groups is 2. The fourth-order valence-corrected chi connectivity index (χ4v) is 7.69. The lowest BCUT2D eigenvalue weighted by molar-refractivity contribution is -0.121. The number of hydrogen-bond donors (Lipinski definition) is 0. The number of aryl methyl sites for hydroxylation is 2. The van der Waals surface area contributed by atoms with E-state index < -0.39 is 22.8 Å². The minimum absolute atomic E-state index is 0.0255. The van der Waals surface area contributed by atoms with Gasteiger partial charge in [0.05, 0.1) is 33.4 Å². The van der Waals surface area contributed by atoms with Crippen molar-refractivity contribution >= 4 is 55.2 Å². The molecule has 0 fully saturated rings. The van der Waals surface area contributed by atoms with Crippen LogP contribution in [0.15, 0.2) is 94.1 Å². The normalized spacial score (nSPS) is 17.5. The number of nitrogens with zero attached hydrogens (tertiary/aromatic N) is 3. The highest BCUT2D eigenvalue weighted by molar-refractivity contribution is 7.22. The molecule has 6 aromatic rings. The maximum absolute atomic E-state index is 15.0. The zero-order valence-corrected chi connectivity index (χ0v) is 23.9. The molecule has 0 N–H and O–H groups in total. The Morgan fingerprint density at radius 3 is 2.49 bits per heavy atom. The van der Waals surface area contributed by atoms with Crippen LogP contribution in [0.5, 0.6) is 0 Å². The van der Waals surface area contributed by atoms with Gasteiger partial charge in [0.15, 0.2) is 16.1 Å². The number of carbonyl (C=O) groups excluding carboxylic acids is 2. The number of halogens is 1. The monoisotopic (exact) mass is 587 g/mol. The quantitative estimate of drug-likeness (QED) is 0.233. The van der Waals surface area contributed by atoms with Crippen molar-refractivity contribution in [1.82, 2.24) is 4.98 Å². The van der Waals surface area contributed by atoms with E-state index in [-0.39, 0.29) is 39.8 Å². The Labute approximate surface area is 248 Å². The Hall–Kier alpha value is -5.15. The molecule has 210 valence electrons. The first-order valence-electron chi connectivity index (χ1n) is 13.7. The minimum atomic E-state index is -1.86. The van der Waals surface area contributed by atoms with Crippen LogP contribution in [0.4, 0.5) is 15.2 Å². The maximum Gasteiger partial charge on any atom is 0.297 e. The van der Waals surface area contributed by atoms with E-state index in [2.05, 4.69) is 0 Å². The second kappa shape index (κ2) is 8.92. The van der Waals surface area contributed by atoms with Crippen molar-refractivity contribution in [2.75, 3.05) is 9.80 Å². The van der Waals surface area contributed by atoms with Gasteiger partial charge in [-0.25, -0.2) is 9.37 Å². The van der Waals surface area contributed by atoms with Gasteiger partial charge < -0.3 is 9.32 Å². The molecule has 1 atom stereocenters. The molecule has 1 spiro atoms. The molecule has 0 aliphatic carbocycles. The third-order valence-corrected chi connectivity index (χ3v) is 9.28. The first-order chi connectivity index (χ1) is 20.8. The Kier molecular flexibility index (Phi) is 5.30. The van der Waals surface area contributed by atoms with Crippen molar-refractivity contribution in [3.8, 4) is 0 Å². The maximum atomic E-state index is 15.0. The van der Waals surface area contributed by atoms with Crippen LogP contribution in [-0.4, -0.2) is 16.8 Å². The van der Waals surface area contributed by atoms with Crippen LogP contribution in [0.25, 0.3) is 21.2 Å². The van der Waals surface area contributed by atoms with Crippen LogP contribution in [0.3, 0.4) is 0 Å². The number of rotatable bonds is 3.